The molecule has 2 nitrogen and oxygen atoms in total. The Hall–Kier alpha value is -1.49. The van der Waals surface area contributed by atoms with Crippen molar-refractivity contribution in [1.82, 2.24) is 0 Å². The molecule has 0 unspecified atom stereocenters. The number of ether oxygens (including phenoxy) is 1. The minimum atomic E-state index is 0.700. The molecule has 0 spiro atoms. The summed E-state index contributed by atoms with van der Waals surface area (Å²) in [6.07, 6.45) is 0.985. The molecule has 0 radical (unpaired) electrons. The molecule has 0 heterocycles. The first-order chi connectivity index (χ1) is 5.88. The van der Waals surface area contributed by atoms with Gasteiger partial charge in [0, 0.05) is 6.07 Å². The minimum Gasteiger partial charge on any atom is -0.486 e. The van der Waals surface area contributed by atoms with Crippen LogP contribution in [0.25, 0.3) is 4.85 Å². The third kappa shape index (κ3) is 2.00. The van der Waals surface area contributed by atoms with Gasteiger partial charge in [0.25, 0.3) is 6.57 Å². The summed E-state index contributed by atoms with van der Waals surface area (Å²) in [7, 11) is 0. The molecule has 0 fully saturated rings. The van der Waals surface area contributed by atoms with E-state index >= 15 is 0 Å². The van der Waals surface area contributed by atoms with Gasteiger partial charge in [0.05, 0.1) is 6.61 Å². The fraction of sp³-hybridized carbons (Fsp3) is 0.300. The lowest BCUT2D eigenvalue weighted by molar-refractivity contribution is 0.319. The van der Waals surface area contributed by atoms with Gasteiger partial charge in [-0.1, -0.05) is 19.1 Å². The summed E-state index contributed by atoms with van der Waals surface area (Å²) in [5, 5.41) is 0. The third-order valence-corrected chi connectivity index (χ3v) is 1.47. The summed E-state index contributed by atoms with van der Waals surface area (Å²) in [6, 6.07) is 7.47. The van der Waals surface area contributed by atoms with E-state index in [1.807, 2.05) is 24.3 Å². The second kappa shape index (κ2) is 4.40. The highest BCUT2D eigenvalue weighted by molar-refractivity contribution is 5.57. The largest absolute Gasteiger partial charge is 0.486 e. The highest BCUT2D eigenvalue weighted by atomic mass is 16.5. The third-order valence-electron chi connectivity index (χ3n) is 1.47. The fourth-order valence-electron chi connectivity index (χ4n) is 0.898. The Kier molecular flexibility index (Phi) is 3.16. The van der Waals surface area contributed by atoms with E-state index in [0.29, 0.717) is 12.3 Å². The van der Waals surface area contributed by atoms with Crippen molar-refractivity contribution in [1.29, 1.82) is 0 Å². The van der Waals surface area contributed by atoms with Gasteiger partial charge in [-0.2, -0.15) is 0 Å². The van der Waals surface area contributed by atoms with Crippen molar-refractivity contribution in [2.45, 2.75) is 13.3 Å². The lowest BCUT2D eigenvalue weighted by atomic mass is 10.3. The Morgan fingerprint density at radius 3 is 2.83 bits per heavy atom. The molecular weight excluding hydrogens is 150 g/mol. The fourth-order valence-corrected chi connectivity index (χ4v) is 0.898. The highest BCUT2D eigenvalue weighted by Crippen LogP contribution is 2.26. The van der Waals surface area contributed by atoms with E-state index in [4.69, 9.17) is 11.3 Å². The Bertz CT molecular complexity index is 288. The predicted octanol–water partition coefficient (Wildman–Crippen LogP) is 3.07. The molecule has 0 atom stereocenters. The first-order valence-electron chi connectivity index (χ1n) is 4.01. The van der Waals surface area contributed by atoms with Gasteiger partial charge in [0.15, 0.2) is 0 Å². The molecule has 1 aromatic rings. The Morgan fingerprint density at radius 2 is 2.17 bits per heavy atom. The molecule has 2 heteroatoms. The molecule has 0 bridgehead atoms. The molecule has 0 aromatic heterocycles. The van der Waals surface area contributed by atoms with E-state index < -0.39 is 0 Å². The first kappa shape index (κ1) is 8.61. The van der Waals surface area contributed by atoms with Crippen LogP contribution in [0, 0.1) is 6.57 Å². The van der Waals surface area contributed by atoms with Crippen LogP contribution in [0.4, 0.5) is 5.69 Å². The molecule has 0 amide bonds. The normalized spacial score (nSPS) is 9.00. The summed E-state index contributed by atoms with van der Waals surface area (Å²) in [5.41, 5.74) is 0.700. The van der Waals surface area contributed by atoms with Crippen molar-refractivity contribution >= 4 is 5.69 Å². The molecule has 0 saturated carbocycles. The number of benzene rings is 1. The Morgan fingerprint density at radius 1 is 1.42 bits per heavy atom. The number of rotatable bonds is 3. The maximum Gasteiger partial charge on any atom is 0.381 e. The van der Waals surface area contributed by atoms with Gasteiger partial charge in [-0.05, 0) is 17.3 Å². The van der Waals surface area contributed by atoms with Crippen molar-refractivity contribution < 1.29 is 4.74 Å². The first-order valence-corrected chi connectivity index (χ1v) is 4.01. The van der Waals surface area contributed by atoms with E-state index in [-0.39, 0.29) is 0 Å². The van der Waals surface area contributed by atoms with Crippen molar-refractivity contribution in [3.8, 4) is 12.3 Å². The maximum absolute atomic E-state index is 5.40. The zero-order valence-electron chi connectivity index (χ0n) is 7.16. The van der Waals surface area contributed by atoms with E-state index in [1.165, 1.54) is 0 Å². The summed E-state index contributed by atoms with van der Waals surface area (Å²) in [6.45, 7) is 7.93. The van der Waals surface area contributed by atoms with Crippen LogP contribution in [0.5, 0.6) is 5.75 Å². The summed E-state index contributed by atoms with van der Waals surface area (Å²) in [4.78, 5) is 3.60. The number of para-hydroxylation sites is 2. The van der Waals surface area contributed by atoms with Crippen LogP contribution in [0.15, 0.2) is 24.3 Å². The van der Waals surface area contributed by atoms with Crippen LogP contribution < -0.4 is 4.74 Å². The zero-order chi connectivity index (χ0) is 8.81. The van der Waals surface area contributed by atoms with E-state index in [2.05, 4.69) is 11.8 Å². The molecule has 62 valence electrons. The molecular formula is C10H12NO+. The number of hydrogen-bond acceptors (Lipinski definition) is 1. The monoisotopic (exact) mass is 162 g/mol. The van der Waals surface area contributed by atoms with Crippen LogP contribution in [0.1, 0.15) is 13.3 Å². The maximum atomic E-state index is 5.40. The van der Waals surface area contributed by atoms with Crippen LogP contribution in [-0.4, -0.2) is 6.61 Å². The molecule has 0 aliphatic heterocycles. The molecule has 1 rings (SSSR count). The van der Waals surface area contributed by atoms with Gasteiger partial charge in [0.2, 0.25) is 5.75 Å². The molecule has 12 heavy (non-hydrogen) atoms. The van der Waals surface area contributed by atoms with Gasteiger partial charge in [-0.3, -0.25) is 0 Å². The summed E-state index contributed by atoms with van der Waals surface area (Å²) in [5.74, 6) is 0.752. The van der Waals surface area contributed by atoms with Crippen molar-refractivity contribution in [3.63, 3.8) is 0 Å². The zero-order valence-corrected chi connectivity index (χ0v) is 7.16. The number of nitrogens with zero attached hydrogens (tertiary/aromatic N) is 1. The van der Waals surface area contributed by atoms with Crippen molar-refractivity contribution in [2.75, 3.05) is 6.61 Å². The van der Waals surface area contributed by atoms with Gasteiger partial charge < -0.3 is 4.74 Å². The van der Waals surface area contributed by atoms with E-state index in [1.54, 1.807) is 0 Å². The smallest absolute Gasteiger partial charge is 0.381 e. The minimum absolute atomic E-state index is 0.700. The van der Waals surface area contributed by atoms with E-state index in [9.17, 15) is 0 Å². The Balaban J connectivity index is 2.77. The average Bonchev–Trinajstić information content (AvgIpc) is 2.15. The van der Waals surface area contributed by atoms with Gasteiger partial charge in [-0.25, -0.2) is 0 Å². The topological polar surface area (TPSA) is 13.6 Å². The van der Waals surface area contributed by atoms with Crippen molar-refractivity contribution in [2.24, 2.45) is 0 Å². The number of hydrogen-bond donors (Lipinski definition) is 0. The molecule has 0 aliphatic carbocycles. The van der Waals surface area contributed by atoms with Crippen LogP contribution in [0.2, 0.25) is 0 Å². The molecule has 1 aromatic carbocycles. The standard InChI is InChI=1S/C10H12NO/c1-3-8-12-10-7-5-4-6-9(10)11-2/h2,4-7H,3,8H2,1H3/q+1. The molecule has 0 aliphatic rings. The van der Waals surface area contributed by atoms with Gasteiger partial charge in [-0.15, -0.1) is 0 Å². The quantitative estimate of drug-likeness (QED) is 0.666. The van der Waals surface area contributed by atoms with Gasteiger partial charge in [0.1, 0.15) is 0 Å². The summed E-state index contributed by atoms with van der Waals surface area (Å²) < 4.78 is 5.40. The van der Waals surface area contributed by atoms with E-state index in [0.717, 1.165) is 12.2 Å². The van der Waals surface area contributed by atoms with Crippen molar-refractivity contribution in [3.05, 3.63) is 29.1 Å². The molecule has 0 N–H and O–H groups in total. The Labute approximate surface area is 72.6 Å². The SMILES string of the molecule is C#[N+]c1ccccc1OCCC. The lowest BCUT2D eigenvalue weighted by Gasteiger charge is -2.00. The van der Waals surface area contributed by atoms with Crippen LogP contribution >= 0.6 is 0 Å². The average molecular weight is 162 g/mol. The second-order valence-corrected chi connectivity index (χ2v) is 2.45. The second-order valence-electron chi connectivity index (χ2n) is 2.45. The molecule has 0 saturated heterocycles. The van der Waals surface area contributed by atoms with Crippen LogP contribution in [0.3, 0.4) is 0 Å². The predicted molar refractivity (Wildman–Crippen MR) is 50.2 cm³/mol. The summed E-state index contributed by atoms with van der Waals surface area (Å²) >= 11 is 0. The highest BCUT2D eigenvalue weighted by Gasteiger charge is 2.08. The van der Waals surface area contributed by atoms with Gasteiger partial charge >= 0.3 is 5.69 Å². The van der Waals surface area contributed by atoms with Crippen LogP contribution in [-0.2, 0) is 0 Å². The lowest BCUT2D eigenvalue weighted by Crippen LogP contribution is -1.94.